The van der Waals surface area contributed by atoms with Crippen molar-refractivity contribution in [3.05, 3.63) is 47.0 Å². The van der Waals surface area contributed by atoms with Crippen LogP contribution in [0.5, 0.6) is 0 Å². The molecule has 1 aromatic heterocycles. The minimum Gasteiger partial charge on any atom is -0.478 e. The van der Waals surface area contributed by atoms with Crippen molar-refractivity contribution in [3.63, 3.8) is 0 Å². The molecule has 3 N–H and O–H groups in total. The SMILES string of the molecule is Nc1cc(C(=O)O)c(N2Cc3ccccc3C2)nn1. The summed E-state index contributed by atoms with van der Waals surface area (Å²) in [5, 5.41) is 16.9. The molecule has 19 heavy (non-hydrogen) atoms. The molecule has 0 unspecified atom stereocenters. The maximum absolute atomic E-state index is 11.3. The van der Waals surface area contributed by atoms with Crippen LogP contribution in [0.25, 0.3) is 0 Å². The predicted molar refractivity (Wildman–Crippen MR) is 69.7 cm³/mol. The summed E-state index contributed by atoms with van der Waals surface area (Å²) in [4.78, 5) is 13.1. The lowest BCUT2D eigenvalue weighted by molar-refractivity contribution is 0.0697. The number of anilines is 2. The van der Waals surface area contributed by atoms with Crippen LogP contribution in [0.1, 0.15) is 21.5 Å². The highest BCUT2D eigenvalue weighted by Crippen LogP contribution is 2.29. The van der Waals surface area contributed by atoms with E-state index in [9.17, 15) is 9.90 Å². The van der Waals surface area contributed by atoms with Gasteiger partial charge < -0.3 is 15.7 Å². The number of aromatic nitrogens is 2. The van der Waals surface area contributed by atoms with E-state index in [1.807, 2.05) is 29.2 Å². The average molecular weight is 256 g/mol. The van der Waals surface area contributed by atoms with Gasteiger partial charge in [-0.15, -0.1) is 10.2 Å². The van der Waals surface area contributed by atoms with Gasteiger partial charge in [0.05, 0.1) is 0 Å². The van der Waals surface area contributed by atoms with E-state index in [2.05, 4.69) is 10.2 Å². The number of nitrogens with zero attached hydrogens (tertiary/aromatic N) is 3. The number of carboxylic acid groups (broad SMARTS) is 1. The summed E-state index contributed by atoms with van der Waals surface area (Å²) in [7, 11) is 0. The Morgan fingerprint density at radius 2 is 1.84 bits per heavy atom. The molecular weight excluding hydrogens is 244 g/mol. The largest absolute Gasteiger partial charge is 0.478 e. The molecule has 0 bridgehead atoms. The fourth-order valence-electron chi connectivity index (χ4n) is 2.27. The van der Waals surface area contributed by atoms with Crippen LogP contribution < -0.4 is 10.6 Å². The second-order valence-corrected chi connectivity index (χ2v) is 4.44. The molecule has 0 fully saturated rings. The normalized spacial score (nSPS) is 13.4. The first-order chi connectivity index (χ1) is 9.15. The van der Waals surface area contributed by atoms with Crippen LogP contribution in [0.2, 0.25) is 0 Å². The Morgan fingerprint density at radius 1 is 1.21 bits per heavy atom. The van der Waals surface area contributed by atoms with Crippen LogP contribution >= 0.6 is 0 Å². The standard InChI is InChI=1S/C13H12N4O2/c14-11-5-10(13(18)19)12(16-15-11)17-6-8-3-1-2-4-9(8)7-17/h1-5H,6-7H2,(H2,14,15)(H,18,19). The monoisotopic (exact) mass is 256 g/mol. The average Bonchev–Trinajstić information content (AvgIpc) is 2.82. The second kappa shape index (κ2) is 4.24. The number of hydrogen-bond donors (Lipinski definition) is 2. The van der Waals surface area contributed by atoms with Crippen molar-refractivity contribution < 1.29 is 9.90 Å². The van der Waals surface area contributed by atoms with E-state index < -0.39 is 5.97 Å². The number of nitrogens with two attached hydrogens (primary N) is 1. The summed E-state index contributed by atoms with van der Waals surface area (Å²) in [6.07, 6.45) is 0. The molecule has 1 aliphatic rings. The highest BCUT2D eigenvalue weighted by molar-refractivity contribution is 5.94. The van der Waals surface area contributed by atoms with Gasteiger partial charge in [0.25, 0.3) is 0 Å². The number of benzene rings is 1. The molecule has 1 aliphatic heterocycles. The minimum absolute atomic E-state index is 0.0836. The smallest absolute Gasteiger partial charge is 0.339 e. The first kappa shape index (κ1) is 11.5. The van der Waals surface area contributed by atoms with Crippen LogP contribution in [0.4, 0.5) is 11.6 Å². The van der Waals surface area contributed by atoms with Gasteiger partial charge in [-0.1, -0.05) is 24.3 Å². The van der Waals surface area contributed by atoms with Crippen molar-refractivity contribution in [1.29, 1.82) is 0 Å². The molecule has 1 aromatic carbocycles. The first-order valence-corrected chi connectivity index (χ1v) is 5.83. The third-order valence-corrected chi connectivity index (χ3v) is 3.16. The summed E-state index contributed by atoms with van der Waals surface area (Å²) < 4.78 is 0. The van der Waals surface area contributed by atoms with E-state index in [0.717, 1.165) is 0 Å². The molecule has 0 spiro atoms. The first-order valence-electron chi connectivity index (χ1n) is 5.83. The van der Waals surface area contributed by atoms with Crippen molar-refractivity contribution in [2.45, 2.75) is 13.1 Å². The lowest BCUT2D eigenvalue weighted by Crippen LogP contribution is -2.20. The summed E-state index contributed by atoms with van der Waals surface area (Å²) >= 11 is 0. The van der Waals surface area contributed by atoms with Gasteiger partial charge in [0.2, 0.25) is 0 Å². The highest BCUT2D eigenvalue weighted by Gasteiger charge is 2.24. The van der Waals surface area contributed by atoms with Crippen molar-refractivity contribution in [2.75, 3.05) is 10.6 Å². The van der Waals surface area contributed by atoms with Gasteiger partial charge in [-0.2, -0.15) is 0 Å². The summed E-state index contributed by atoms with van der Waals surface area (Å²) in [5.74, 6) is -0.580. The van der Waals surface area contributed by atoms with Crippen molar-refractivity contribution in [2.24, 2.45) is 0 Å². The third-order valence-electron chi connectivity index (χ3n) is 3.16. The zero-order valence-corrected chi connectivity index (χ0v) is 10.1. The second-order valence-electron chi connectivity index (χ2n) is 4.44. The maximum atomic E-state index is 11.3. The number of aromatic carboxylic acids is 1. The van der Waals surface area contributed by atoms with Crippen LogP contribution in [-0.4, -0.2) is 21.3 Å². The predicted octanol–water partition coefficient (Wildman–Crippen LogP) is 1.28. The number of carboxylic acids is 1. The van der Waals surface area contributed by atoms with Gasteiger partial charge in [-0.25, -0.2) is 4.79 Å². The molecule has 0 saturated heterocycles. The van der Waals surface area contributed by atoms with Gasteiger partial charge in [-0.05, 0) is 11.1 Å². The molecule has 0 aliphatic carbocycles. The van der Waals surface area contributed by atoms with E-state index in [4.69, 9.17) is 5.73 Å². The summed E-state index contributed by atoms with van der Waals surface area (Å²) in [6, 6.07) is 9.33. The number of hydrogen-bond acceptors (Lipinski definition) is 5. The summed E-state index contributed by atoms with van der Waals surface area (Å²) in [6.45, 7) is 1.27. The van der Waals surface area contributed by atoms with E-state index in [-0.39, 0.29) is 11.4 Å². The number of carbonyl (C=O) groups is 1. The Bertz CT molecular complexity index is 632. The molecule has 2 heterocycles. The molecule has 0 atom stereocenters. The van der Waals surface area contributed by atoms with E-state index in [1.165, 1.54) is 17.2 Å². The Morgan fingerprint density at radius 3 is 2.42 bits per heavy atom. The quantitative estimate of drug-likeness (QED) is 0.840. The third kappa shape index (κ3) is 1.97. The molecular formula is C13H12N4O2. The van der Waals surface area contributed by atoms with Gasteiger partial charge in [0, 0.05) is 19.2 Å². The summed E-state index contributed by atoms with van der Waals surface area (Å²) in [5.41, 5.74) is 7.93. The molecule has 6 heteroatoms. The highest BCUT2D eigenvalue weighted by atomic mass is 16.4. The zero-order valence-electron chi connectivity index (χ0n) is 10.1. The maximum Gasteiger partial charge on any atom is 0.339 e. The molecule has 6 nitrogen and oxygen atoms in total. The molecule has 0 amide bonds. The minimum atomic E-state index is -1.05. The van der Waals surface area contributed by atoms with Crippen LogP contribution in [0, 0.1) is 0 Å². The Hall–Kier alpha value is -2.63. The van der Waals surface area contributed by atoms with Crippen LogP contribution in [0.15, 0.2) is 30.3 Å². The fraction of sp³-hybridized carbons (Fsp3) is 0.154. The van der Waals surface area contributed by atoms with Crippen molar-refractivity contribution in [3.8, 4) is 0 Å². The van der Waals surface area contributed by atoms with Crippen molar-refractivity contribution in [1.82, 2.24) is 10.2 Å². The molecule has 0 radical (unpaired) electrons. The molecule has 0 saturated carbocycles. The van der Waals surface area contributed by atoms with Crippen LogP contribution in [0.3, 0.4) is 0 Å². The Kier molecular flexibility index (Phi) is 2.56. The van der Waals surface area contributed by atoms with Gasteiger partial charge in [0.15, 0.2) is 5.82 Å². The fourth-order valence-corrected chi connectivity index (χ4v) is 2.27. The number of fused-ring (bicyclic) bond motifs is 1. The Balaban J connectivity index is 1.99. The lowest BCUT2D eigenvalue weighted by Gasteiger charge is -2.17. The zero-order chi connectivity index (χ0) is 13.4. The van der Waals surface area contributed by atoms with E-state index >= 15 is 0 Å². The lowest BCUT2D eigenvalue weighted by atomic mass is 10.1. The number of rotatable bonds is 2. The van der Waals surface area contributed by atoms with Gasteiger partial charge in [0.1, 0.15) is 11.4 Å². The Labute approximate surface area is 109 Å². The number of nitrogen functional groups attached to an aromatic ring is 1. The van der Waals surface area contributed by atoms with Gasteiger partial charge in [-0.3, -0.25) is 0 Å². The molecule has 3 rings (SSSR count). The molecule has 2 aromatic rings. The molecule has 96 valence electrons. The van der Waals surface area contributed by atoms with Gasteiger partial charge >= 0.3 is 5.97 Å². The van der Waals surface area contributed by atoms with Crippen LogP contribution in [-0.2, 0) is 13.1 Å². The van der Waals surface area contributed by atoms with E-state index in [1.54, 1.807) is 0 Å². The van der Waals surface area contributed by atoms with E-state index in [0.29, 0.717) is 18.9 Å². The van der Waals surface area contributed by atoms with Crippen molar-refractivity contribution >= 4 is 17.6 Å². The topological polar surface area (TPSA) is 92.3 Å².